The third-order valence-corrected chi connectivity index (χ3v) is 2.64. The number of nitrogens with zero attached hydrogens (tertiary/aromatic N) is 2. The first-order valence-electron chi connectivity index (χ1n) is 5.92. The van der Waals surface area contributed by atoms with Crippen molar-refractivity contribution in [3.63, 3.8) is 0 Å². The molecule has 0 aliphatic carbocycles. The van der Waals surface area contributed by atoms with E-state index in [1.165, 1.54) is 0 Å². The number of aromatic nitrogens is 2. The predicted molar refractivity (Wildman–Crippen MR) is 64.3 cm³/mol. The zero-order valence-electron chi connectivity index (χ0n) is 10.4. The maximum Gasteiger partial charge on any atom is 0.141 e. The van der Waals surface area contributed by atoms with E-state index in [0.29, 0.717) is 6.42 Å². The van der Waals surface area contributed by atoms with Crippen molar-refractivity contribution in [2.45, 2.75) is 33.7 Å². The SMILES string of the molecule is CCNCC(C)C(=O)Cc1cnn(CC)c1. The molecule has 1 unspecified atom stereocenters. The highest BCUT2D eigenvalue weighted by Gasteiger charge is 2.13. The van der Waals surface area contributed by atoms with E-state index in [4.69, 9.17) is 0 Å². The van der Waals surface area contributed by atoms with Gasteiger partial charge in [0.2, 0.25) is 0 Å². The Morgan fingerprint density at radius 2 is 2.31 bits per heavy atom. The third-order valence-electron chi connectivity index (χ3n) is 2.64. The number of rotatable bonds is 7. The maximum absolute atomic E-state index is 11.8. The van der Waals surface area contributed by atoms with Crippen molar-refractivity contribution in [1.29, 1.82) is 0 Å². The lowest BCUT2D eigenvalue weighted by Crippen LogP contribution is -2.27. The van der Waals surface area contributed by atoms with Gasteiger partial charge >= 0.3 is 0 Å². The molecule has 0 radical (unpaired) electrons. The van der Waals surface area contributed by atoms with E-state index < -0.39 is 0 Å². The van der Waals surface area contributed by atoms with Crippen LogP contribution in [0, 0.1) is 5.92 Å². The first-order chi connectivity index (χ1) is 7.67. The quantitative estimate of drug-likeness (QED) is 0.757. The molecule has 0 bridgehead atoms. The van der Waals surface area contributed by atoms with E-state index in [2.05, 4.69) is 10.4 Å². The molecule has 4 heteroatoms. The van der Waals surface area contributed by atoms with Crippen molar-refractivity contribution in [1.82, 2.24) is 15.1 Å². The molecule has 1 heterocycles. The first kappa shape index (κ1) is 12.9. The van der Waals surface area contributed by atoms with Gasteiger partial charge in [0, 0.05) is 31.6 Å². The fraction of sp³-hybridized carbons (Fsp3) is 0.667. The van der Waals surface area contributed by atoms with Crippen molar-refractivity contribution >= 4 is 5.78 Å². The zero-order valence-corrected chi connectivity index (χ0v) is 10.4. The van der Waals surface area contributed by atoms with Gasteiger partial charge in [-0.3, -0.25) is 9.48 Å². The molecule has 1 N–H and O–H groups in total. The number of hydrogen-bond donors (Lipinski definition) is 1. The van der Waals surface area contributed by atoms with Gasteiger partial charge in [0.1, 0.15) is 5.78 Å². The van der Waals surface area contributed by atoms with Crippen LogP contribution in [-0.2, 0) is 17.8 Å². The summed E-state index contributed by atoms with van der Waals surface area (Å²) in [7, 11) is 0. The van der Waals surface area contributed by atoms with Gasteiger partial charge in [0.05, 0.1) is 6.20 Å². The van der Waals surface area contributed by atoms with Gasteiger partial charge in [0.25, 0.3) is 0 Å². The van der Waals surface area contributed by atoms with Gasteiger partial charge < -0.3 is 5.32 Å². The van der Waals surface area contributed by atoms with Crippen LogP contribution in [0.25, 0.3) is 0 Å². The van der Waals surface area contributed by atoms with Gasteiger partial charge in [-0.2, -0.15) is 5.10 Å². The zero-order chi connectivity index (χ0) is 12.0. The minimum atomic E-state index is 0.0740. The Balaban J connectivity index is 2.44. The van der Waals surface area contributed by atoms with Crippen LogP contribution in [0.3, 0.4) is 0 Å². The standard InChI is InChI=1S/C12H21N3O/c1-4-13-7-10(3)12(16)6-11-8-14-15(5-2)9-11/h8-10,13H,4-7H2,1-3H3. The van der Waals surface area contributed by atoms with Crippen LogP contribution in [0.4, 0.5) is 0 Å². The fourth-order valence-electron chi connectivity index (χ4n) is 1.52. The predicted octanol–water partition coefficient (Wildman–Crippen LogP) is 1.26. The van der Waals surface area contributed by atoms with Gasteiger partial charge in [-0.05, 0) is 19.0 Å². The van der Waals surface area contributed by atoms with E-state index in [-0.39, 0.29) is 11.7 Å². The number of carbonyl (C=O) groups is 1. The Kier molecular flexibility index (Phi) is 5.19. The summed E-state index contributed by atoms with van der Waals surface area (Å²) in [5, 5.41) is 7.35. The van der Waals surface area contributed by atoms with Gasteiger partial charge in [0.15, 0.2) is 0 Å². The number of hydrogen-bond acceptors (Lipinski definition) is 3. The summed E-state index contributed by atoms with van der Waals surface area (Å²) < 4.78 is 1.84. The normalized spacial score (nSPS) is 12.7. The topological polar surface area (TPSA) is 46.9 Å². The Bertz CT molecular complexity index is 333. The lowest BCUT2D eigenvalue weighted by atomic mass is 10.0. The molecule has 0 fully saturated rings. The third kappa shape index (κ3) is 3.77. The summed E-state index contributed by atoms with van der Waals surface area (Å²) in [4.78, 5) is 11.8. The van der Waals surface area contributed by atoms with Gasteiger partial charge in [-0.25, -0.2) is 0 Å². The molecule has 16 heavy (non-hydrogen) atoms. The molecule has 0 saturated heterocycles. The highest BCUT2D eigenvalue weighted by atomic mass is 16.1. The molecular weight excluding hydrogens is 202 g/mol. The molecule has 1 aromatic heterocycles. The molecule has 1 rings (SSSR count). The van der Waals surface area contributed by atoms with Crippen LogP contribution in [0.1, 0.15) is 26.3 Å². The average Bonchev–Trinajstić information content (AvgIpc) is 2.73. The Morgan fingerprint density at radius 1 is 1.56 bits per heavy atom. The molecule has 1 aromatic rings. The second-order valence-corrected chi connectivity index (χ2v) is 4.06. The summed E-state index contributed by atoms with van der Waals surface area (Å²) >= 11 is 0. The maximum atomic E-state index is 11.8. The van der Waals surface area contributed by atoms with E-state index in [9.17, 15) is 4.79 Å². The van der Waals surface area contributed by atoms with Crippen LogP contribution in [-0.4, -0.2) is 28.7 Å². The fourth-order valence-corrected chi connectivity index (χ4v) is 1.52. The Labute approximate surface area is 97.0 Å². The van der Waals surface area contributed by atoms with Crippen molar-refractivity contribution in [2.24, 2.45) is 5.92 Å². The Hall–Kier alpha value is -1.16. The lowest BCUT2D eigenvalue weighted by molar-refractivity contribution is -0.121. The molecule has 0 saturated carbocycles. The highest BCUT2D eigenvalue weighted by Crippen LogP contribution is 2.05. The van der Waals surface area contributed by atoms with E-state index in [0.717, 1.165) is 25.2 Å². The summed E-state index contributed by atoms with van der Waals surface area (Å²) in [5.41, 5.74) is 1.01. The average molecular weight is 223 g/mol. The smallest absolute Gasteiger partial charge is 0.141 e. The van der Waals surface area contributed by atoms with Gasteiger partial charge in [-0.1, -0.05) is 13.8 Å². The van der Waals surface area contributed by atoms with Crippen LogP contribution in [0.5, 0.6) is 0 Å². The minimum Gasteiger partial charge on any atom is -0.316 e. The summed E-state index contributed by atoms with van der Waals surface area (Å²) in [5.74, 6) is 0.349. The van der Waals surface area contributed by atoms with E-state index >= 15 is 0 Å². The minimum absolute atomic E-state index is 0.0740. The molecule has 0 aliphatic rings. The van der Waals surface area contributed by atoms with Crippen molar-refractivity contribution in [3.05, 3.63) is 18.0 Å². The molecule has 4 nitrogen and oxygen atoms in total. The van der Waals surface area contributed by atoms with Crippen LogP contribution in [0.15, 0.2) is 12.4 Å². The molecule has 90 valence electrons. The summed E-state index contributed by atoms with van der Waals surface area (Å²) in [6, 6.07) is 0. The van der Waals surface area contributed by atoms with Crippen molar-refractivity contribution in [3.8, 4) is 0 Å². The molecule has 0 amide bonds. The van der Waals surface area contributed by atoms with Gasteiger partial charge in [-0.15, -0.1) is 0 Å². The number of nitrogens with one attached hydrogen (secondary N) is 1. The molecule has 0 spiro atoms. The second-order valence-electron chi connectivity index (χ2n) is 4.06. The molecule has 0 aliphatic heterocycles. The highest BCUT2D eigenvalue weighted by molar-refractivity contribution is 5.83. The first-order valence-corrected chi connectivity index (χ1v) is 5.92. The van der Waals surface area contributed by atoms with Crippen LogP contribution >= 0.6 is 0 Å². The molecular formula is C12H21N3O. The Morgan fingerprint density at radius 3 is 2.88 bits per heavy atom. The number of ketones is 1. The second kappa shape index (κ2) is 6.43. The van der Waals surface area contributed by atoms with E-state index in [1.807, 2.05) is 31.6 Å². The summed E-state index contributed by atoms with van der Waals surface area (Å²) in [6.07, 6.45) is 4.21. The monoisotopic (exact) mass is 223 g/mol. The lowest BCUT2D eigenvalue weighted by Gasteiger charge is -2.09. The van der Waals surface area contributed by atoms with Crippen molar-refractivity contribution in [2.75, 3.05) is 13.1 Å². The molecule has 1 atom stereocenters. The van der Waals surface area contributed by atoms with E-state index in [1.54, 1.807) is 6.20 Å². The number of aryl methyl sites for hydroxylation is 1. The summed E-state index contributed by atoms with van der Waals surface area (Å²) in [6.45, 7) is 8.56. The molecule has 0 aromatic carbocycles. The number of carbonyl (C=O) groups excluding carboxylic acids is 1. The largest absolute Gasteiger partial charge is 0.316 e. The van der Waals surface area contributed by atoms with Crippen LogP contribution < -0.4 is 5.32 Å². The van der Waals surface area contributed by atoms with Crippen molar-refractivity contribution < 1.29 is 4.79 Å². The van der Waals surface area contributed by atoms with Crippen LogP contribution in [0.2, 0.25) is 0 Å². The number of Topliss-reactive ketones (excluding diaryl/α,β-unsaturated/α-hetero) is 1.